The van der Waals surface area contributed by atoms with Crippen LogP contribution in [0.3, 0.4) is 0 Å². The molecule has 0 spiro atoms. The first kappa shape index (κ1) is 24.8. The average Bonchev–Trinajstić information content (AvgIpc) is 2.92. The van der Waals surface area contributed by atoms with Crippen LogP contribution in [0.15, 0.2) is 72.8 Å². The second-order valence-electron chi connectivity index (χ2n) is 10.2. The number of aryl methyl sites for hydroxylation is 1. The van der Waals surface area contributed by atoms with Crippen molar-refractivity contribution in [3.8, 4) is 22.6 Å². The minimum Gasteiger partial charge on any atom is -0.497 e. The SMILES string of the molecule is COc1cc(OC)c2nc(C(C)Cc3ccc4c(-c5ccccc5)cc(C(C)C)nc4c3)cc(C)c2c1. The number of aromatic nitrogens is 2. The Kier molecular flexibility index (Phi) is 6.84. The number of nitrogens with zero attached hydrogens (tertiary/aromatic N) is 2. The molecule has 4 nitrogen and oxygen atoms in total. The van der Waals surface area contributed by atoms with E-state index in [9.17, 15) is 0 Å². The summed E-state index contributed by atoms with van der Waals surface area (Å²) in [6.07, 6.45) is 0.876. The third-order valence-electron chi connectivity index (χ3n) is 7.15. The van der Waals surface area contributed by atoms with Crippen LogP contribution in [0, 0.1) is 6.92 Å². The van der Waals surface area contributed by atoms with Crippen LogP contribution in [-0.2, 0) is 6.42 Å². The maximum absolute atomic E-state index is 5.65. The van der Waals surface area contributed by atoms with E-state index in [0.29, 0.717) is 5.92 Å². The molecular formula is C33H34N2O2. The fourth-order valence-corrected chi connectivity index (χ4v) is 5.02. The number of methoxy groups -OCH3 is 2. The van der Waals surface area contributed by atoms with E-state index in [-0.39, 0.29) is 5.92 Å². The van der Waals surface area contributed by atoms with E-state index in [2.05, 4.69) is 88.4 Å². The molecule has 0 saturated heterocycles. The van der Waals surface area contributed by atoms with Gasteiger partial charge in [-0.2, -0.15) is 0 Å². The van der Waals surface area contributed by atoms with Gasteiger partial charge in [0.2, 0.25) is 0 Å². The van der Waals surface area contributed by atoms with Crippen molar-refractivity contribution in [3.05, 3.63) is 95.3 Å². The highest BCUT2D eigenvalue weighted by Crippen LogP contribution is 2.35. The second-order valence-corrected chi connectivity index (χ2v) is 10.2. The summed E-state index contributed by atoms with van der Waals surface area (Å²) in [4.78, 5) is 10.1. The number of pyridine rings is 2. The van der Waals surface area contributed by atoms with Crippen molar-refractivity contribution in [1.82, 2.24) is 9.97 Å². The summed E-state index contributed by atoms with van der Waals surface area (Å²) in [6, 6.07) is 25.7. The van der Waals surface area contributed by atoms with Gasteiger partial charge in [0, 0.05) is 34.1 Å². The predicted octanol–water partition coefficient (Wildman–Crippen LogP) is 8.25. The fraction of sp³-hybridized carbons (Fsp3) is 0.273. The Labute approximate surface area is 219 Å². The first-order chi connectivity index (χ1) is 17.9. The Morgan fingerprint density at radius 3 is 2.24 bits per heavy atom. The van der Waals surface area contributed by atoms with Crippen molar-refractivity contribution < 1.29 is 9.47 Å². The molecule has 4 heteroatoms. The van der Waals surface area contributed by atoms with E-state index < -0.39 is 0 Å². The van der Waals surface area contributed by atoms with Crippen LogP contribution in [0.25, 0.3) is 32.9 Å². The van der Waals surface area contributed by atoms with Crippen molar-refractivity contribution in [2.45, 2.75) is 46.0 Å². The minimum absolute atomic E-state index is 0.231. The topological polar surface area (TPSA) is 44.2 Å². The van der Waals surface area contributed by atoms with E-state index in [1.54, 1.807) is 14.2 Å². The maximum atomic E-state index is 5.65. The summed E-state index contributed by atoms with van der Waals surface area (Å²) in [5, 5.41) is 2.24. The van der Waals surface area contributed by atoms with Crippen LogP contribution < -0.4 is 9.47 Å². The first-order valence-corrected chi connectivity index (χ1v) is 12.9. The lowest BCUT2D eigenvalue weighted by Crippen LogP contribution is -2.04. The molecule has 0 aliphatic rings. The van der Waals surface area contributed by atoms with E-state index in [0.717, 1.165) is 45.7 Å². The lowest BCUT2D eigenvalue weighted by molar-refractivity contribution is 0.397. The van der Waals surface area contributed by atoms with E-state index in [1.807, 2.05) is 12.1 Å². The van der Waals surface area contributed by atoms with Crippen LogP contribution in [0.4, 0.5) is 0 Å². The van der Waals surface area contributed by atoms with Gasteiger partial charge in [0.15, 0.2) is 0 Å². The van der Waals surface area contributed by atoms with E-state index in [1.165, 1.54) is 27.6 Å². The molecule has 1 atom stereocenters. The zero-order valence-electron chi connectivity index (χ0n) is 22.5. The van der Waals surface area contributed by atoms with Crippen molar-refractivity contribution in [2.75, 3.05) is 14.2 Å². The molecule has 1 unspecified atom stereocenters. The van der Waals surface area contributed by atoms with Crippen molar-refractivity contribution in [1.29, 1.82) is 0 Å². The molecule has 0 amide bonds. The Morgan fingerprint density at radius 1 is 0.757 bits per heavy atom. The molecule has 0 aliphatic heterocycles. The molecular weight excluding hydrogens is 456 g/mol. The highest BCUT2D eigenvalue weighted by Gasteiger charge is 2.16. The zero-order valence-corrected chi connectivity index (χ0v) is 22.5. The molecule has 0 aliphatic carbocycles. The minimum atomic E-state index is 0.231. The van der Waals surface area contributed by atoms with Gasteiger partial charge >= 0.3 is 0 Å². The lowest BCUT2D eigenvalue weighted by atomic mass is 9.93. The number of fused-ring (bicyclic) bond motifs is 2. The third kappa shape index (κ3) is 4.89. The van der Waals surface area contributed by atoms with Gasteiger partial charge in [-0.25, -0.2) is 4.98 Å². The molecule has 2 heterocycles. The lowest BCUT2D eigenvalue weighted by Gasteiger charge is -2.17. The molecule has 3 aromatic carbocycles. The summed E-state index contributed by atoms with van der Waals surface area (Å²) >= 11 is 0. The molecule has 0 radical (unpaired) electrons. The molecule has 188 valence electrons. The van der Waals surface area contributed by atoms with Crippen molar-refractivity contribution >= 4 is 21.8 Å². The number of ether oxygens (including phenoxy) is 2. The highest BCUT2D eigenvalue weighted by molar-refractivity contribution is 5.95. The number of hydrogen-bond acceptors (Lipinski definition) is 4. The quantitative estimate of drug-likeness (QED) is 0.230. The first-order valence-electron chi connectivity index (χ1n) is 12.9. The van der Waals surface area contributed by atoms with E-state index >= 15 is 0 Å². The largest absolute Gasteiger partial charge is 0.497 e. The zero-order chi connectivity index (χ0) is 26.1. The Hall–Kier alpha value is -3.92. The van der Waals surface area contributed by atoms with Gasteiger partial charge in [0.05, 0.1) is 19.7 Å². The monoisotopic (exact) mass is 490 g/mol. The van der Waals surface area contributed by atoms with E-state index in [4.69, 9.17) is 19.4 Å². The van der Waals surface area contributed by atoms with Gasteiger partial charge in [0.25, 0.3) is 0 Å². The van der Waals surface area contributed by atoms with Crippen LogP contribution in [-0.4, -0.2) is 24.2 Å². The van der Waals surface area contributed by atoms with Gasteiger partial charge in [-0.1, -0.05) is 63.2 Å². The number of hydrogen-bond donors (Lipinski definition) is 0. The molecule has 0 N–H and O–H groups in total. The molecule has 37 heavy (non-hydrogen) atoms. The van der Waals surface area contributed by atoms with Crippen molar-refractivity contribution in [3.63, 3.8) is 0 Å². The van der Waals surface area contributed by atoms with Gasteiger partial charge in [0.1, 0.15) is 17.0 Å². The average molecular weight is 491 g/mol. The standard InChI is InChI=1S/C33H34N2O2/c1-20(2)29-19-28(24-10-8-7-9-11-24)26-13-12-23(16-31(26)34-29)14-22(4)30-15-21(3)27-17-25(36-5)18-32(37-6)33(27)35-30/h7-13,15-20,22H,14H2,1-6H3. The Morgan fingerprint density at radius 2 is 1.54 bits per heavy atom. The Bertz CT molecular complexity index is 1580. The second kappa shape index (κ2) is 10.2. The summed E-state index contributed by atoms with van der Waals surface area (Å²) < 4.78 is 11.1. The van der Waals surface area contributed by atoms with Crippen molar-refractivity contribution in [2.24, 2.45) is 0 Å². The van der Waals surface area contributed by atoms with Crippen LogP contribution in [0.5, 0.6) is 11.5 Å². The highest BCUT2D eigenvalue weighted by atomic mass is 16.5. The molecule has 0 bridgehead atoms. The molecule has 0 saturated carbocycles. The summed E-state index contributed by atoms with van der Waals surface area (Å²) in [5.41, 5.74) is 8.98. The number of benzene rings is 3. The van der Waals surface area contributed by atoms with Gasteiger partial charge in [-0.3, -0.25) is 4.98 Å². The van der Waals surface area contributed by atoms with Gasteiger partial charge in [-0.05, 0) is 65.8 Å². The number of rotatable bonds is 7. The van der Waals surface area contributed by atoms with Gasteiger partial charge in [-0.15, -0.1) is 0 Å². The van der Waals surface area contributed by atoms with Gasteiger partial charge < -0.3 is 9.47 Å². The van der Waals surface area contributed by atoms with Crippen LogP contribution >= 0.6 is 0 Å². The molecule has 2 aromatic heterocycles. The molecule has 5 rings (SSSR count). The predicted molar refractivity (Wildman–Crippen MR) is 153 cm³/mol. The van der Waals surface area contributed by atoms with Crippen LogP contribution in [0.1, 0.15) is 55.1 Å². The summed E-state index contributed by atoms with van der Waals surface area (Å²) in [6.45, 7) is 8.76. The summed E-state index contributed by atoms with van der Waals surface area (Å²) in [5.74, 6) is 2.09. The smallest absolute Gasteiger partial charge is 0.148 e. The maximum Gasteiger partial charge on any atom is 0.148 e. The van der Waals surface area contributed by atoms with Crippen LogP contribution in [0.2, 0.25) is 0 Å². The third-order valence-corrected chi connectivity index (χ3v) is 7.15. The Balaban J connectivity index is 1.53. The summed E-state index contributed by atoms with van der Waals surface area (Å²) in [7, 11) is 3.35. The molecule has 5 aromatic rings. The fourth-order valence-electron chi connectivity index (χ4n) is 5.02. The normalized spacial score (nSPS) is 12.3. The molecule has 0 fully saturated rings.